The van der Waals surface area contributed by atoms with Gasteiger partial charge in [-0.25, -0.2) is 10.2 Å². The van der Waals surface area contributed by atoms with Crippen molar-refractivity contribution < 1.29 is 23.9 Å². The van der Waals surface area contributed by atoms with E-state index >= 15 is 0 Å². The molecular formula is C29H33N3O5S. The number of benzene rings is 2. The quantitative estimate of drug-likeness (QED) is 0.193. The third kappa shape index (κ3) is 7.29. The Kier molecular flexibility index (Phi) is 9.78. The van der Waals surface area contributed by atoms with Crippen LogP contribution in [0.25, 0.3) is 0 Å². The van der Waals surface area contributed by atoms with Crippen LogP contribution >= 0.6 is 11.3 Å². The lowest BCUT2D eigenvalue weighted by molar-refractivity contribution is -0.127. The molecule has 0 unspecified atom stereocenters. The largest absolute Gasteiger partial charge is 0.481 e. The summed E-state index contributed by atoms with van der Waals surface area (Å²) in [5.41, 5.74) is 6.12. The highest BCUT2D eigenvalue weighted by molar-refractivity contribution is 7.16. The molecule has 0 aliphatic carbocycles. The number of nitrogens with one attached hydrogen (secondary N) is 2. The fourth-order valence-electron chi connectivity index (χ4n) is 3.51. The van der Waals surface area contributed by atoms with Gasteiger partial charge in [-0.05, 0) is 74.6 Å². The molecule has 1 atom stereocenters. The predicted molar refractivity (Wildman–Crippen MR) is 151 cm³/mol. The Bertz CT molecular complexity index is 1310. The number of thiophene rings is 1. The van der Waals surface area contributed by atoms with Crippen molar-refractivity contribution in [2.24, 2.45) is 5.10 Å². The summed E-state index contributed by atoms with van der Waals surface area (Å²) in [6, 6.07) is 14.3. The first-order valence-electron chi connectivity index (χ1n) is 12.4. The van der Waals surface area contributed by atoms with Crippen LogP contribution in [0.3, 0.4) is 0 Å². The van der Waals surface area contributed by atoms with Gasteiger partial charge >= 0.3 is 5.97 Å². The number of anilines is 1. The van der Waals surface area contributed by atoms with Crippen molar-refractivity contribution in [3.8, 4) is 5.75 Å². The van der Waals surface area contributed by atoms with Crippen LogP contribution in [0.2, 0.25) is 0 Å². The number of carbonyl (C=O) groups is 3. The van der Waals surface area contributed by atoms with E-state index in [1.165, 1.54) is 16.9 Å². The van der Waals surface area contributed by atoms with Gasteiger partial charge in [-0.15, -0.1) is 11.3 Å². The molecule has 0 aliphatic heterocycles. The van der Waals surface area contributed by atoms with E-state index < -0.39 is 18.0 Å². The second-order valence-electron chi connectivity index (χ2n) is 9.00. The predicted octanol–water partition coefficient (Wildman–Crippen LogP) is 5.83. The molecule has 2 aromatic carbocycles. The molecule has 8 nitrogen and oxygen atoms in total. The van der Waals surface area contributed by atoms with Crippen molar-refractivity contribution >= 4 is 40.3 Å². The molecule has 0 saturated carbocycles. The lowest BCUT2D eigenvalue weighted by Crippen LogP contribution is -2.33. The molecule has 2 N–H and O–H groups in total. The van der Waals surface area contributed by atoms with Gasteiger partial charge in [0.05, 0.1) is 18.4 Å². The Hall–Kier alpha value is -3.98. The fraction of sp³-hybridized carbons (Fsp3) is 0.310. The van der Waals surface area contributed by atoms with Gasteiger partial charge in [0.2, 0.25) is 0 Å². The molecule has 0 aliphatic rings. The zero-order valence-corrected chi connectivity index (χ0v) is 23.3. The highest BCUT2D eigenvalue weighted by atomic mass is 32.1. The van der Waals surface area contributed by atoms with E-state index in [0.717, 1.165) is 16.0 Å². The van der Waals surface area contributed by atoms with E-state index in [9.17, 15) is 14.4 Å². The number of hydrogen-bond donors (Lipinski definition) is 2. The number of carbonyl (C=O) groups excluding carboxylic acids is 3. The first kappa shape index (κ1) is 28.6. The van der Waals surface area contributed by atoms with Crippen LogP contribution in [-0.4, -0.2) is 36.7 Å². The SMILES string of the molecule is CCOC(=O)c1c(NC(=O)c2ccc(O[C@@H](C)C(=O)N/N=C\c3ccc(C(C)C)cc3)cc2)sc(C)c1C. The molecule has 0 fully saturated rings. The minimum Gasteiger partial charge on any atom is -0.481 e. The van der Waals surface area contributed by atoms with Crippen molar-refractivity contribution in [2.75, 3.05) is 11.9 Å². The van der Waals surface area contributed by atoms with Gasteiger partial charge in [0.25, 0.3) is 11.8 Å². The Labute approximate surface area is 227 Å². The fourth-order valence-corrected chi connectivity index (χ4v) is 4.55. The van der Waals surface area contributed by atoms with Crippen LogP contribution in [0.4, 0.5) is 5.00 Å². The second kappa shape index (κ2) is 13.0. The van der Waals surface area contributed by atoms with Gasteiger partial charge in [-0.2, -0.15) is 5.10 Å². The summed E-state index contributed by atoms with van der Waals surface area (Å²) in [6.45, 7) is 11.6. The van der Waals surface area contributed by atoms with Crippen molar-refractivity contribution in [3.05, 3.63) is 81.2 Å². The maximum absolute atomic E-state index is 12.8. The lowest BCUT2D eigenvalue weighted by atomic mass is 10.0. The monoisotopic (exact) mass is 535 g/mol. The molecule has 9 heteroatoms. The zero-order chi connectivity index (χ0) is 27.8. The molecule has 0 bridgehead atoms. The van der Waals surface area contributed by atoms with Crippen molar-refractivity contribution in [1.82, 2.24) is 5.43 Å². The summed E-state index contributed by atoms with van der Waals surface area (Å²) >= 11 is 1.33. The van der Waals surface area contributed by atoms with Crippen molar-refractivity contribution in [1.29, 1.82) is 0 Å². The molecule has 1 aromatic heterocycles. The van der Waals surface area contributed by atoms with Crippen molar-refractivity contribution in [3.63, 3.8) is 0 Å². The summed E-state index contributed by atoms with van der Waals surface area (Å²) in [7, 11) is 0. The number of esters is 1. The molecule has 0 spiro atoms. The average Bonchev–Trinajstić information content (AvgIpc) is 3.17. The van der Waals surface area contributed by atoms with Crippen LogP contribution in [0.15, 0.2) is 53.6 Å². The number of rotatable bonds is 10. The van der Waals surface area contributed by atoms with Gasteiger partial charge < -0.3 is 14.8 Å². The minimum absolute atomic E-state index is 0.247. The standard InChI is InChI=1S/C29H33N3O5S/c1-7-36-29(35)25-18(4)20(6)38-28(25)31-27(34)23-12-14-24(15-13-23)37-19(5)26(33)32-30-16-21-8-10-22(11-9-21)17(2)3/h8-17,19H,7H2,1-6H3,(H,31,34)(H,32,33)/b30-16-/t19-/m0/s1. The van der Waals surface area contributed by atoms with E-state index in [-0.39, 0.29) is 12.5 Å². The van der Waals surface area contributed by atoms with Crippen LogP contribution in [0.1, 0.15) is 75.9 Å². The smallest absolute Gasteiger partial charge is 0.341 e. The van der Waals surface area contributed by atoms with Crippen LogP contribution in [0, 0.1) is 13.8 Å². The van der Waals surface area contributed by atoms with Crippen molar-refractivity contribution in [2.45, 2.75) is 53.6 Å². The van der Waals surface area contributed by atoms with E-state index in [0.29, 0.717) is 27.8 Å². The summed E-state index contributed by atoms with van der Waals surface area (Å²) in [6.07, 6.45) is 0.769. The third-order valence-electron chi connectivity index (χ3n) is 5.88. The van der Waals surface area contributed by atoms with Gasteiger partial charge in [0.15, 0.2) is 6.10 Å². The maximum atomic E-state index is 12.8. The first-order chi connectivity index (χ1) is 18.1. The molecule has 38 heavy (non-hydrogen) atoms. The summed E-state index contributed by atoms with van der Waals surface area (Å²) < 4.78 is 10.8. The average molecular weight is 536 g/mol. The Morgan fingerprint density at radius 2 is 1.66 bits per heavy atom. The van der Waals surface area contributed by atoms with Crippen LogP contribution in [-0.2, 0) is 9.53 Å². The Morgan fingerprint density at radius 1 is 1.00 bits per heavy atom. The second-order valence-corrected chi connectivity index (χ2v) is 10.2. The normalized spacial score (nSPS) is 11.9. The summed E-state index contributed by atoms with van der Waals surface area (Å²) in [4.78, 5) is 38.5. The highest BCUT2D eigenvalue weighted by Crippen LogP contribution is 2.33. The lowest BCUT2D eigenvalue weighted by Gasteiger charge is -2.13. The van der Waals surface area contributed by atoms with Crippen LogP contribution in [0.5, 0.6) is 5.75 Å². The molecule has 3 aromatic rings. The number of hydrazone groups is 1. The summed E-state index contributed by atoms with van der Waals surface area (Å²) in [5.74, 6) is -0.371. The first-order valence-corrected chi connectivity index (χ1v) is 13.2. The third-order valence-corrected chi connectivity index (χ3v) is 7.00. The molecule has 0 saturated heterocycles. The summed E-state index contributed by atoms with van der Waals surface area (Å²) in [5, 5.41) is 7.26. The number of ether oxygens (including phenoxy) is 2. The number of nitrogens with zero attached hydrogens (tertiary/aromatic N) is 1. The van der Waals surface area contributed by atoms with Gasteiger partial charge in [-0.3, -0.25) is 9.59 Å². The number of hydrogen-bond acceptors (Lipinski definition) is 7. The van der Waals surface area contributed by atoms with E-state index in [2.05, 4.69) is 29.7 Å². The van der Waals surface area contributed by atoms with E-state index in [1.807, 2.05) is 38.1 Å². The number of amides is 2. The molecular weight excluding hydrogens is 502 g/mol. The zero-order valence-electron chi connectivity index (χ0n) is 22.5. The molecule has 3 rings (SSSR count). The highest BCUT2D eigenvalue weighted by Gasteiger charge is 2.22. The number of aryl methyl sites for hydroxylation is 1. The maximum Gasteiger partial charge on any atom is 0.341 e. The van der Waals surface area contributed by atoms with E-state index in [4.69, 9.17) is 9.47 Å². The van der Waals surface area contributed by atoms with E-state index in [1.54, 1.807) is 44.3 Å². The van der Waals surface area contributed by atoms with Gasteiger partial charge in [-0.1, -0.05) is 38.1 Å². The molecule has 1 heterocycles. The minimum atomic E-state index is -0.806. The molecule has 0 radical (unpaired) electrons. The molecule has 200 valence electrons. The Balaban J connectivity index is 1.56. The van der Waals surface area contributed by atoms with Gasteiger partial charge in [0, 0.05) is 10.4 Å². The Morgan fingerprint density at radius 3 is 2.26 bits per heavy atom. The van der Waals surface area contributed by atoms with Gasteiger partial charge in [0.1, 0.15) is 10.8 Å². The van der Waals surface area contributed by atoms with Crippen LogP contribution < -0.4 is 15.5 Å². The molecule has 2 amide bonds. The topological polar surface area (TPSA) is 106 Å².